The van der Waals surface area contributed by atoms with Crippen LogP contribution < -0.4 is 16.0 Å². The molecule has 4 nitrogen and oxygen atoms in total. The summed E-state index contributed by atoms with van der Waals surface area (Å²) >= 11 is 3.47. The van der Waals surface area contributed by atoms with Gasteiger partial charge in [-0.05, 0) is 49.4 Å². The summed E-state index contributed by atoms with van der Waals surface area (Å²) in [5.41, 5.74) is 6.84. The Hall–Kier alpha value is -0.490. The van der Waals surface area contributed by atoms with Crippen molar-refractivity contribution in [2.75, 3.05) is 24.5 Å². The fraction of sp³-hybridized carbons (Fsp3) is 0.588. The first-order valence-electron chi connectivity index (χ1n) is 8.14. The van der Waals surface area contributed by atoms with Gasteiger partial charge in [0.05, 0.1) is 5.54 Å². The van der Waals surface area contributed by atoms with Crippen molar-refractivity contribution in [2.45, 2.75) is 37.6 Å². The summed E-state index contributed by atoms with van der Waals surface area (Å²) in [6.07, 6.45) is 4.92. The molecule has 1 aliphatic carbocycles. The van der Waals surface area contributed by atoms with E-state index in [1.807, 2.05) is 0 Å². The van der Waals surface area contributed by atoms with Gasteiger partial charge in [0.15, 0.2) is 0 Å². The smallest absolute Gasteiger partial charge is 0.240 e. The van der Waals surface area contributed by atoms with Gasteiger partial charge < -0.3 is 16.0 Å². The highest BCUT2D eigenvalue weighted by Crippen LogP contribution is 2.28. The molecule has 2 aliphatic rings. The van der Waals surface area contributed by atoms with Crippen molar-refractivity contribution in [1.29, 1.82) is 0 Å². The number of anilines is 1. The Morgan fingerprint density at radius 3 is 2.50 bits per heavy atom. The van der Waals surface area contributed by atoms with Crippen LogP contribution in [0, 0.1) is 5.92 Å². The summed E-state index contributed by atoms with van der Waals surface area (Å²) in [4.78, 5) is 14.6. The van der Waals surface area contributed by atoms with Crippen molar-refractivity contribution in [3.05, 3.63) is 28.7 Å². The molecule has 1 aromatic rings. The number of benzene rings is 1. The van der Waals surface area contributed by atoms with E-state index < -0.39 is 5.54 Å². The zero-order chi connectivity index (χ0) is 15.6. The topological polar surface area (TPSA) is 58.4 Å². The molecular weight excluding hydrogens is 413 g/mol. The number of carbonyl (C=O) groups excluding carboxylic acids is 1. The third kappa shape index (κ3) is 5.01. The maximum Gasteiger partial charge on any atom is 0.240 e. The highest BCUT2D eigenvalue weighted by atomic mass is 79.9. The van der Waals surface area contributed by atoms with Gasteiger partial charge >= 0.3 is 0 Å². The number of halogens is 3. The molecule has 3 rings (SSSR count). The van der Waals surface area contributed by atoms with Crippen LogP contribution in [0.15, 0.2) is 28.7 Å². The number of hydrogen-bond acceptors (Lipinski definition) is 3. The van der Waals surface area contributed by atoms with Crippen LogP contribution in [0.1, 0.15) is 32.1 Å². The summed E-state index contributed by atoms with van der Waals surface area (Å²) in [6, 6.07) is 8.42. The monoisotopic (exact) mass is 437 g/mol. The van der Waals surface area contributed by atoms with Gasteiger partial charge in [0.2, 0.25) is 5.91 Å². The Kier molecular flexibility index (Phi) is 8.33. The molecule has 136 valence electrons. The molecule has 3 N–H and O–H groups in total. The van der Waals surface area contributed by atoms with Crippen molar-refractivity contribution >= 4 is 52.3 Å². The summed E-state index contributed by atoms with van der Waals surface area (Å²) in [5.74, 6) is 0.560. The molecule has 1 amide bonds. The van der Waals surface area contributed by atoms with Gasteiger partial charge in [0.1, 0.15) is 0 Å². The zero-order valence-corrected chi connectivity index (χ0v) is 16.9. The van der Waals surface area contributed by atoms with E-state index in [0.717, 1.165) is 56.2 Å². The van der Waals surface area contributed by atoms with E-state index >= 15 is 0 Å². The van der Waals surface area contributed by atoms with E-state index in [4.69, 9.17) is 5.73 Å². The van der Waals surface area contributed by atoms with Crippen LogP contribution >= 0.6 is 40.7 Å². The van der Waals surface area contributed by atoms with Crippen molar-refractivity contribution in [1.82, 2.24) is 5.32 Å². The van der Waals surface area contributed by atoms with Gasteiger partial charge in [-0.3, -0.25) is 4.79 Å². The minimum atomic E-state index is -0.607. The minimum Gasteiger partial charge on any atom is -0.371 e. The highest BCUT2D eigenvalue weighted by molar-refractivity contribution is 9.10. The van der Waals surface area contributed by atoms with Crippen LogP contribution in [0.5, 0.6) is 0 Å². The summed E-state index contributed by atoms with van der Waals surface area (Å²) in [7, 11) is 0. The van der Waals surface area contributed by atoms with Gasteiger partial charge in [-0.2, -0.15) is 0 Å². The lowest BCUT2D eigenvalue weighted by molar-refractivity contribution is -0.126. The standard InChI is InChI=1S/C17H24BrN3O.2ClH/c18-14-3-5-15(6-4-14)21-10-7-13(12-21)11-20-16(22)17(19)8-1-2-9-17;;/h3-6,13H,1-2,7-12,19H2,(H,20,22);2*1H. The van der Waals surface area contributed by atoms with Gasteiger partial charge in [-0.15, -0.1) is 24.8 Å². The third-order valence-corrected chi connectivity index (χ3v) is 5.51. The number of nitrogens with one attached hydrogen (secondary N) is 1. The number of nitrogens with two attached hydrogens (primary N) is 1. The lowest BCUT2D eigenvalue weighted by Crippen LogP contribution is -2.52. The van der Waals surface area contributed by atoms with E-state index in [1.54, 1.807) is 0 Å². The Labute approximate surface area is 164 Å². The molecular formula is C17H26BrCl2N3O. The number of nitrogens with zero attached hydrogens (tertiary/aromatic N) is 1. The first-order chi connectivity index (χ1) is 10.6. The molecule has 7 heteroatoms. The van der Waals surface area contributed by atoms with Crippen molar-refractivity contribution in [2.24, 2.45) is 11.7 Å². The number of amides is 1. The predicted octanol–water partition coefficient (Wildman–Crippen LogP) is 3.51. The molecule has 0 aromatic heterocycles. The summed E-state index contributed by atoms with van der Waals surface area (Å²) in [6.45, 7) is 2.79. The highest BCUT2D eigenvalue weighted by Gasteiger charge is 2.37. The number of rotatable bonds is 4. The minimum absolute atomic E-state index is 0. The quantitative estimate of drug-likeness (QED) is 0.756. The Bertz CT molecular complexity index is 535. The molecule has 0 bridgehead atoms. The van der Waals surface area contributed by atoms with Crippen molar-refractivity contribution < 1.29 is 4.79 Å². The van der Waals surface area contributed by atoms with Crippen LogP contribution in [0.2, 0.25) is 0 Å². The average molecular weight is 439 g/mol. The Morgan fingerprint density at radius 2 is 1.88 bits per heavy atom. The Morgan fingerprint density at radius 1 is 1.25 bits per heavy atom. The summed E-state index contributed by atoms with van der Waals surface area (Å²) in [5, 5.41) is 3.09. The lowest BCUT2D eigenvalue weighted by Gasteiger charge is -2.24. The van der Waals surface area contributed by atoms with Crippen LogP contribution in [0.4, 0.5) is 5.69 Å². The van der Waals surface area contributed by atoms with E-state index in [1.165, 1.54) is 5.69 Å². The molecule has 0 spiro atoms. The van der Waals surface area contributed by atoms with Crippen LogP contribution in [0.25, 0.3) is 0 Å². The molecule has 1 saturated carbocycles. The average Bonchev–Trinajstić information content (AvgIpc) is 3.15. The van der Waals surface area contributed by atoms with Crippen LogP contribution in [0.3, 0.4) is 0 Å². The fourth-order valence-electron chi connectivity index (χ4n) is 3.53. The van der Waals surface area contributed by atoms with Crippen molar-refractivity contribution in [3.8, 4) is 0 Å². The largest absolute Gasteiger partial charge is 0.371 e. The van der Waals surface area contributed by atoms with Gasteiger partial charge in [-0.1, -0.05) is 28.8 Å². The Balaban J connectivity index is 0.00000144. The first-order valence-corrected chi connectivity index (χ1v) is 8.94. The third-order valence-electron chi connectivity index (χ3n) is 4.98. The van der Waals surface area contributed by atoms with E-state index in [0.29, 0.717) is 5.92 Å². The van der Waals surface area contributed by atoms with Crippen LogP contribution in [-0.4, -0.2) is 31.1 Å². The second-order valence-corrected chi connectivity index (χ2v) is 7.57. The van der Waals surface area contributed by atoms with E-state index in [-0.39, 0.29) is 30.7 Å². The molecule has 24 heavy (non-hydrogen) atoms. The zero-order valence-electron chi connectivity index (χ0n) is 13.7. The van der Waals surface area contributed by atoms with Crippen LogP contribution in [-0.2, 0) is 4.79 Å². The number of hydrogen-bond donors (Lipinski definition) is 2. The second-order valence-electron chi connectivity index (χ2n) is 6.65. The molecule has 1 atom stereocenters. The molecule has 1 unspecified atom stereocenters. The maximum atomic E-state index is 12.3. The normalized spacial score (nSPS) is 21.8. The SMILES string of the molecule is Cl.Cl.NC1(C(=O)NCC2CCN(c3ccc(Br)cc3)C2)CCCC1. The lowest BCUT2D eigenvalue weighted by atomic mass is 9.97. The van der Waals surface area contributed by atoms with Gasteiger partial charge in [0.25, 0.3) is 0 Å². The van der Waals surface area contributed by atoms with Crippen molar-refractivity contribution in [3.63, 3.8) is 0 Å². The fourth-order valence-corrected chi connectivity index (χ4v) is 3.80. The molecule has 1 aliphatic heterocycles. The second kappa shape index (κ2) is 9.27. The van der Waals surface area contributed by atoms with E-state index in [2.05, 4.69) is 50.4 Å². The molecule has 1 saturated heterocycles. The molecule has 0 radical (unpaired) electrons. The predicted molar refractivity (Wildman–Crippen MR) is 107 cm³/mol. The molecule has 1 aromatic carbocycles. The number of carbonyl (C=O) groups is 1. The van der Waals surface area contributed by atoms with Gasteiger partial charge in [0, 0.05) is 29.8 Å². The molecule has 1 heterocycles. The molecule has 2 fully saturated rings. The van der Waals surface area contributed by atoms with Gasteiger partial charge in [-0.25, -0.2) is 0 Å². The maximum absolute atomic E-state index is 12.3. The first kappa shape index (κ1) is 21.6. The van der Waals surface area contributed by atoms with E-state index in [9.17, 15) is 4.79 Å². The summed E-state index contributed by atoms with van der Waals surface area (Å²) < 4.78 is 1.10.